The van der Waals surface area contributed by atoms with Gasteiger partial charge < -0.3 is 15.7 Å². The fraction of sp³-hybridized carbons (Fsp3) is 0.286. The van der Waals surface area contributed by atoms with Crippen LogP contribution in [-0.2, 0) is 0 Å². The lowest BCUT2D eigenvalue weighted by molar-refractivity contribution is 0.456. The largest absolute Gasteiger partial charge is 0.492 e. The Morgan fingerprint density at radius 3 is 2.64 bits per heavy atom. The smallest absolute Gasteiger partial charge is 0.236 e. The summed E-state index contributed by atoms with van der Waals surface area (Å²) < 4.78 is 0. The van der Waals surface area contributed by atoms with Gasteiger partial charge in [0, 0.05) is 20.3 Å². The Balaban J connectivity index is 3.17. The molecule has 0 fully saturated rings. The lowest BCUT2D eigenvalue weighted by Gasteiger charge is -2.14. The van der Waals surface area contributed by atoms with Crippen molar-refractivity contribution in [2.45, 2.75) is 0 Å². The predicted molar refractivity (Wildman–Crippen MR) is 44.6 cm³/mol. The van der Waals surface area contributed by atoms with Crippen LogP contribution in [0.15, 0.2) is 12.3 Å². The normalized spacial score (nSPS) is 9.64. The molecule has 0 aliphatic carbocycles. The predicted octanol–water partition coefficient (Wildman–Crippen LogP) is 0.435. The quantitative estimate of drug-likeness (QED) is 0.614. The van der Waals surface area contributed by atoms with Crippen molar-refractivity contribution in [3.05, 3.63) is 12.3 Å². The molecule has 0 saturated carbocycles. The maximum Gasteiger partial charge on any atom is 0.236 e. The van der Waals surface area contributed by atoms with Gasteiger partial charge in [-0.2, -0.15) is 0 Å². The van der Waals surface area contributed by atoms with E-state index >= 15 is 0 Å². The zero-order chi connectivity index (χ0) is 8.43. The first-order valence-corrected chi connectivity index (χ1v) is 3.23. The number of nitrogen functional groups attached to an aromatic ring is 1. The molecule has 0 unspecified atom stereocenters. The monoisotopic (exact) mass is 153 g/mol. The van der Waals surface area contributed by atoms with Crippen LogP contribution in [-0.4, -0.2) is 24.2 Å². The topological polar surface area (TPSA) is 62.4 Å². The van der Waals surface area contributed by atoms with Gasteiger partial charge in [-0.3, -0.25) is 0 Å². The first-order valence-electron chi connectivity index (χ1n) is 3.23. The van der Waals surface area contributed by atoms with Crippen molar-refractivity contribution in [1.29, 1.82) is 0 Å². The van der Waals surface area contributed by atoms with Crippen molar-refractivity contribution >= 4 is 11.4 Å². The van der Waals surface area contributed by atoms with Crippen LogP contribution in [0.5, 0.6) is 5.88 Å². The van der Waals surface area contributed by atoms with Crippen molar-refractivity contribution < 1.29 is 5.11 Å². The molecule has 0 saturated heterocycles. The molecule has 0 aromatic carbocycles. The Hall–Kier alpha value is -1.45. The summed E-state index contributed by atoms with van der Waals surface area (Å²) in [5, 5.41) is 9.09. The third-order valence-corrected chi connectivity index (χ3v) is 1.43. The number of nitrogens with two attached hydrogens (primary N) is 1. The van der Waals surface area contributed by atoms with Gasteiger partial charge in [0.25, 0.3) is 0 Å². The van der Waals surface area contributed by atoms with E-state index in [4.69, 9.17) is 10.8 Å². The number of aromatic hydroxyl groups is 1. The maximum absolute atomic E-state index is 9.09. The van der Waals surface area contributed by atoms with Gasteiger partial charge in [0.1, 0.15) is 5.69 Å². The number of rotatable bonds is 1. The van der Waals surface area contributed by atoms with E-state index in [1.807, 2.05) is 19.0 Å². The van der Waals surface area contributed by atoms with Crippen LogP contribution in [0.25, 0.3) is 0 Å². The van der Waals surface area contributed by atoms with Crippen LogP contribution in [0.3, 0.4) is 0 Å². The lowest BCUT2D eigenvalue weighted by atomic mass is 10.3. The Kier molecular flexibility index (Phi) is 1.85. The summed E-state index contributed by atoms with van der Waals surface area (Å²) in [5.41, 5.74) is 6.62. The van der Waals surface area contributed by atoms with Crippen LogP contribution in [0.2, 0.25) is 0 Å². The van der Waals surface area contributed by atoms with Crippen LogP contribution in [0.1, 0.15) is 0 Å². The molecule has 0 spiro atoms. The van der Waals surface area contributed by atoms with E-state index in [0.29, 0.717) is 5.69 Å². The third kappa shape index (κ3) is 1.34. The first kappa shape index (κ1) is 7.65. The summed E-state index contributed by atoms with van der Waals surface area (Å²) in [5.74, 6) is -0.115. The Bertz CT molecular complexity index is 260. The van der Waals surface area contributed by atoms with Crippen molar-refractivity contribution in [3.63, 3.8) is 0 Å². The second-order valence-electron chi connectivity index (χ2n) is 2.46. The molecule has 0 bridgehead atoms. The molecule has 4 heteroatoms. The molecule has 60 valence electrons. The minimum Gasteiger partial charge on any atom is -0.492 e. The van der Waals surface area contributed by atoms with E-state index in [1.165, 1.54) is 6.20 Å². The molecule has 0 atom stereocenters. The molecule has 1 heterocycles. The van der Waals surface area contributed by atoms with Gasteiger partial charge >= 0.3 is 0 Å². The molecule has 1 aromatic rings. The Morgan fingerprint density at radius 2 is 2.18 bits per heavy atom. The molecule has 3 N–H and O–H groups in total. The summed E-state index contributed by atoms with van der Waals surface area (Å²) in [7, 11) is 3.70. The minimum atomic E-state index is -0.115. The summed E-state index contributed by atoms with van der Waals surface area (Å²) >= 11 is 0. The third-order valence-electron chi connectivity index (χ3n) is 1.43. The van der Waals surface area contributed by atoms with E-state index in [2.05, 4.69) is 4.98 Å². The fourth-order valence-electron chi connectivity index (χ4n) is 0.842. The summed E-state index contributed by atoms with van der Waals surface area (Å²) in [6.07, 6.45) is 1.51. The van der Waals surface area contributed by atoms with Gasteiger partial charge in [-0.25, -0.2) is 4.98 Å². The number of hydrogen-bond acceptors (Lipinski definition) is 4. The van der Waals surface area contributed by atoms with Crippen molar-refractivity contribution in [1.82, 2.24) is 4.98 Å². The number of nitrogens with zero attached hydrogens (tertiary/aromatic N) is 2. The van der Waals surface area contributed by atoms with Crippen LogP contribution >= 0.6 is 0 Å². The lowest BCUT2D eigenvalue weighted by Crippen LogP contribution is -2.11. The van der Waals surface area contributed by atoms with Gasteiger partial charge in [0.15, 0.2) is 0 Å². The van der Waals surface area contributed by atoms with E-state index in [1.54, 1.807) is 6.07 Å². The highest BCUT2D eigenvalue weighted by Gasteiger charge is 2.04. The number of pyridine rings is 1. The SMILES string of the molecule is CN(C)c1ccnc(O)c1N. The summed E-state index contributed by atoms with van der Waals surface area (Å²) in [4.78, 5) is 5.44. The zero-order valence-corrected chi connectivity index (χ0v) is 6.57. The summed E-state index contributed by atoms with van der Waals surface area (Å²) in [6.45, 7) is 0. The average Bonchev–Trinajstić information content (AvgIpc) is 1.94. The molecular formula is C7H11N3O. The molecule has 0 amide bonds. The van der Waals surface area contributed by atoms with E-state index in [-0.39, 0.29) is 5.88 Å². The highest BCUT2D eigenvalue weighted by Crippen LogP contribution is 2.26. The van der Waals surface area contributed by atoms with E-state index < -0.39 is 0 Å². The van der Waals surface area contributed by atoms with Gasteiger partial charge in [0.2, 0.25) is 5.88 Å². The van der Waals surface area contributed by atoms with Gasteiger partial charge in [-0.1, -0.05) is 0 Å². The minimum absolute atomic E-state index is 0.115. The van der Waals surface area contributed by atoms with E-state index in [0.717, 1.165) is 5.69 Å². The number of aromatic nitrogens is 1. The molecule has 0 aliphatic rings. The van der Waals surface area contributed by atoms with Crippen molar-refractivity contribution in [3.8, 4) is 5.88 Å². The van der Waals surface area contributed by atoms with Crippen molar-refractivity contribution in [2.75, 3.05) is 24.7 Å². The second-order valence-corrected chi connectivity index (χ2v) is 2.46. The average molecular weight is 153 g/mol. The molecule has 4 nitrogen and oxygen atoms in total. The molecule has 1 rings (SSSR count). The second kappa shape index (κ2) is 2.65. The molecule has 0 radical (unpaired) electrons. The number of anilines is 2. The molecular weight excluding hydrogens is 142 g/mol. The van der Waals surface area contributed by atoms with Crippen LogP contribution < -0.4 is 10.6 Å². The first-order chi connectivity index (χ1) is 5.13. The Labute approximate surface area is 65.3 Å². The fourth-order valence-corrected chi connectivity index (χ4v) is 0.842. The van der Waals surface area contributed by atoms with Crippen LogP contribution in [0, 0.1) is 0 Å². The Morgan fingerprint density at radius 1 is 1.55 bits per heavy atom. The van der Waals surface area contributed by atoms with Gasteiger partial charge in [-0.15, -0.1) is 0 Å². The summed E-state index contributed by atoms with van der Waals surface area (Å²) in [6, 6.07) is 1.75. The standard InChI is InChI=1S/C7H11N3O/c1-10(2)5-3-4-9-7(11)6(5)8/h3-4H,8H2,1-2H3,(H,9,11). The van der Waals surface area contributed by atoms with Crippen LogP contribution in [0.4, 0.5) is 11.4 Å². The highest BCUT2D eigenvalue weighted by molar-refractivity contribution is 5.70. The maximum atomic E-state index is 9.09. The van der Waals surface area contributed by atoms with Gasteiger partial charge in [0.05, 0.1) is 5.69 Å². The molecule has 0 aliphatic heterocycles. The van der Waals surface area contributed by atoms with Gasteiger partial charge in [-0.05, 0) is 6.07 Å². The molecule has 11 heavy (non-hydrogen) atoms. The highest BCUT2D eigenvalue weighted by atomic mass is 16.3. The zero-order valence-electron chi connectivity index (χ0n) is 6.57. The molecule has 1 aromatic heterocycles. The van der Waals surface area contributed by atoms with Crippen molar-refractivity contribution in [2.24, 2.45) is 0 Å². The number of hydrogen-bond donors (Lipinski definition) is 2. The van der Waals surface area contributed by atoms with E-state index in [9.17, 15) is 0 Å².